The van der Waals surface area contributed by atoms with Crippen LogP contribution in [0.4, 0.5) is 13.2 Å². The van der Waals surface area contributed by atoms with Crippen LogP contribution in [-0.2, 0) is 0 Å². The first-order chi connectivity index (χ1) is 16.5. The first kappa shape index (κ1) is 26.1. The Morgan fingerprint density at radius 2 is 1.41 bits per heavy atom. The summed E-state index contributed by atoms with van der Waals surface area (Å²) >= 11 is 0. The molecule has 0 saturated heterocycles. The number of carbonyl (C=O) groups is 1. The van der Waals surface area contributed by atoms with Crippen LogP contribution in [0, 0.1) is 29.3 Å². The van der Waals surface area contributed by atoms with Crippen molar-refractivity contribution in [3.8, 4) is 11.5 Å². The Labute approximate surface area is 200 Å². The number of ether oxygens (including phenoxy) is 2. The molecule has 2 aromatic rings. The fourth-order valence-electron chi connectivity index (χ4n) is 4.56. The number of halogens is 3. The molecule has 186 valence electrons. The van der Waals surface area contributed by atoms with E-state index in [0.717, 1.165) is 5.92 Å². The van der Waals surface area contributed by atoms with Crippen LogP contribution in [0.15, 0.2) is 36.4 Å². The molecule has 0 unspecified atom stereocenters. The fourth-order valence-corrected chi connectivity index (χ4v) is 4.56. The van der Waals surface area contributed by atoms with Crippen LogP contribution < -0.4 is 9.47 Å². The third kappa shape index (κ3) is 8.07. The molecule has 1 aliphatic rings. The molecule has 1 fully saturated rings. The van der Waals surface area contributed by atoms with Gasteiger partial charge in [-0.25, -0.2) is 18.0 Å². The van der Waals surface area contributed by atoms with Gasteiger partial charge in [-0.2, -0.15) is 0 Å². The van der Waals surface area contributed by atoms with Crippen molar-refractivity contribution in [1.82, 2.24) is 0 Å². The maximum Gasteiger partial charge on any atom is 0.343 e. The van der Waals surface area contributed by atoms with E-state index in [1.54, 1.807) is 12.1 Å². The second-order valence-electron chi connectivity index (χ2n) is 9.37. The lowest BCUT2D eigenvalue weighted by Gasteiger charge is -2.28. The van der Waals surface area contributed by atoms with E-state index in [-0.39, 0.29) is 5.56 Å². The van der Waals surface area contributed by atoms with Crippen LogP contribution in [0.3, 0.4) is 0 Å². The van der Waals surface area contributed by atoms with Crippen molar-refractivity contribution < 1.29 is 27.4 Å². The molecule has 0 heterocycles. The molecule has 2 aromatic carbocycles. The highest BCUT2D eigenvalue weighted by Crippen LogP contribution is 2.32. The molecule has 0 amide bonds. The smallest absolute Gasteiger partial charge is 0.343 e. The van der Waals surface area contributed by atoms with Crippen molar-refractivity contribution in [3.63, 3.8) is 0 Å². The van der Waals surface area contributed by atoms with E-state index in [0.29, 0.717) is 30.4 Å². The van der Waals surface area contributed by atoms with E-state index >= 15 is 0 Å². The normalized spacial score (nSPS) is 18.0. The van der Waals surface area contributed by atoms with E-state index in [2.05, 4.69) is 6.92 Å². The second-order valence-corrected chi connectivity index (χ2v) is 9.37. The van der Waals surface area contributed by atoms with E-state index < -0.39 is 29.2 Å². The summed E-state index contributed by atoms with van der Waals surface area (Å²) in [4.78, 5) is 12.2. The van der Waals surface area contributed by atoms with Gasteiger partial charge in [-0.05, 0) is 48.9 Å². The van der Waals surface area contributed by atoms with Crippen molar-refractivity contribution >= 4 is 5.97 Å². The predicted molar refractivity (Wildman–Crippen MR) is 127 cm³/mol. The van der Waals surface area contributed by atoms with Gasteiger partial charge in [0.1, 0.15) is 11.5 Å². The lowest BCUT2D eigenvalue weighted by Crippen LogP contribution is -2.20. The molecule has 0 atom stereocenters. The van der Waals surface area contributed by atoms with E-state index in [9.17, 15) is 18.0 Å². The summed E-state index contributed by atoms with van der Waals surface area (Å²) < 4.78 is 50.5. The van der Waals surface area contributed by atoms with E-state index in [1.165, 1.54) is 82.8 Å². The van der Waals surface area contributed by atoms with Crippen LogP contribution in [0.1, 0.15) is 87.9 Å². The van der Waals surface area contributed by atoms with Gasteiger partial charge in [-0.15, -0.1) is 0 Å². The van der Waals surface area contributed by atoms with E-state index in [1.807, 2.05) is 0 Å². The van der Waals surface area contributed by atoms with Crippen LogP contribution in [0.2, 0.25) is 0 Å². The summed E-state index contributed by atoms with van der Waals surface area (Å²) in [6.45, 7) is 2.90. The van der Waals surface area contributed by atoms with Crippen LogP contribution >= 0.6 is 0 Å². The summed E-state index contributed by atoms with van der Waals surface area (Å²) in [5.74, 6) is -3.55. The highest BCUT2D eigenvalue weighted by atomic mass is 19.2. The van der Waals surface area contributed by atoms with Crippen LogP contribution in [-0.4, -0.2) is 12.6 Å². The van der Waals surface area contributed by atoms with Gasteiger partial charge >= 0.3 is 5.97 Å². The molecule has 0 aliphatic heterocycles. The minimum atomic E-state index is -1.60. The zero-order valence-electron chi connectivity index (χ0n) is 20.0. The van der Waals surface area contributed by atoms with Gasteiger partial charge in [0.2, 0.25) is 0 Å². The average molecular weight is 477 g/mol. The second kappa shape index (κ2) is 13.4. The van der Waals surface area contributed by atoms with Crippen molar-refractivity contribution in [2.75, 3.05) is 6.61 Å². The Bertz CT molecular complexity index is 883. The molecule has 6 heteroatoms. The van der Waals surface area contributed by atoms with Gasteiger partial charge in [-0.1, -0.05) is 64.7 Å². The molecule has 1 saturated carbocycles. The zero-order chi connectivity index (χ0) is 24.3. The number of hydrogen-bond acceptors (Lipinski definition) is 3. The molecule has 0 aromatic heterocycles. The molecule has 3 nitrogen and oxygen atoms in total. The molecule has 0 radical (unpaired) electrons. The lowest BCUT2D eigenvalue weighted by molar-refractivity contribution is 0.0733. The standard InChI is InChI=1S/C28H35F3O3/c1-2-3-4-5-6-7-8-20-9-11-21(12-10-20)19-33-23-15-13-22(14-16-23)28(32)34-24-17-25(29)27(31)26(30)18-24/h13-18,20-21H,2-12,19H2,1H3. The van der Waals surface area contributed by atoms with Crippen molar-refractivity contribution in [3.05, 3.63) is 59.4 Å². The molecule has 0 N–H and O–H groups in total. The molecule has 1 aliphatic carbocycles. The Morgan fingerprint density at radius 3 is 2.06 bits per heavy atom. The SMILES string of the molecule is CCCCCCCCC1CCC(COc2ccc(C(=O)Oc3cc(F)c(F)c(F)c3)cc2)CC1. The number of benzene rings is 2. The summed E-state index contributed by atoms with van der Waals surface area (Å²) in [6, 6.07) is 7.68. The maximum absolute atomic E-state index is 13.3. The van der Waals surface area contributed by atoms with Crippen molar-refractivity contribution in [2.45, 2.75) is 77.6 Å². The summed E-state index contributed by atoms with van der Waals surface area (Å²) in [6.07, 6.45) is 14.4. The summed E-state index contributed by atoms with van der Waals surface area (Å²) in [5.41, 5.74) is 0.202. The van der Waals surface area contributed by atoms with Gasteiger partial charge in [0.05, 0.1) is 12.2 Å². The predicted octanol–water partition coefficient (Wildman–Crippen LogP) is 8.26. The molecule has 3 rings (SSSR count). The number of rotatable bonds is 12. The largest absolute Gasteiger partial charge is 0.493 e. The average Bonchev–Trinajstić information content (AvgIpc) is 2.84. The first-order valence-electron chi connectivity index (χ1n) is 12.6. The van der Waals surface area contributed by atoms with Crippen LogP contribution in [0.5, 0.6) is 11.5 Å². The Morgan fingerprint density at radius 1 is 0.824 bits per heavy atom. The lowest BCUT2D eigenvalue weighted by atomic mass is 9.80. The van der Waals surface area contributed by atoms with Crippen molar-refractivity contribution in [2.24, 2.45) is 11.8 Å². The van der Waals surface area contributed by atoms with Gasteiger partial charge in [0, 0.05) is 12.1 Å². The molecular weight excluding hydrogens is 441 g/mol. The number of unbranched alkanes of at least 4 members (excludes halogenated alkanes) is 5. The van der Waals surface area contributed by atoms with E-state index in [4.69, 9.17) is 9.47 Å². The topological polar surface area (TPSA) is 35.5 Å². The number of esters is 1. The van der Waals surface area contributed by atoms with Gasteiger partial charge in [0.15, 0.2) is 17.5 Å². The molecule has 0 spiro atoms. The molecule has 0 bridgehead atoms. The van der Waals surface area contributed by atoms with Gasteiger partial charge < -0.3 is 9.47 Å². The fraction of sp³-hybridized carbons (Fsp3) is 0.536. The molecule has 34 heavy (non-hydrogen) atoms. The highest BCUT2D eigenvalue weighted by Gasteiger charge is 2.21. The Hall–Kier alpha value is -2.50. The highest BCUT2D eigenvalue weighted by molar-refractivity contribution is 5.91. The summed E-state index contributed by atoms with van der Waals surface area (Å²) in [7, 11) is 0. The van der Waals surface area contributed by atoms with Gasteiger partial charge in [0.25, 0.3) is 0 Å². The minimum Gasteiger partial charge on any atom is -0.493 e. The minimum absolute atomic E-state index is 0.202. The van der Waals surface area contributed by atoms with Crippen LogP contribution in [0.25, 0.3) is 0 Å². The third-order valence-electron chi connectivity index (χ3n) is 6.68. The zero-order valence-corrected chi connectivity index (χ0v) is 20.0. The maximum atomic E-state index is 13.3. The molecular formula is C28H35F3O3. The third-order valence-corrected chi connectivity index (χ3v) is 6.68. The monoisotopic (exact) mass is 476 g/mol. The Balaban J connectivity index is 1.36. The quantitative estimate of drug-likeness (QED) is 0.134. The Kier molecular flexibility index (Phi) is 10.3. The number of hydrogen-bond donors (Lipinski definition) is 0. The number of carbonyl (C=O) groups excluding carboxylic acids is 1. The van der Waals surface area contributed by atoms with Gasteiger partial charge in [-0.3, -0.25) is 0 Å². The first-order valence-corrected chi connectivity index (χ1v) is 12.6. The van der Waals surface area contributed by atoms with Crippen molar-refractivity contribution in [1.29, 1.82) is 0 Å². The summed E-state index contributed by atoms with van der Waals surface area (Å²) in [5, 5.41) is 0.